The molecule has 3 rings (SSSR count). The van der Waals surface area contributed by atoms with Crippen LogP contribution in [0, 0.1) is 6.92 Å². The summed E-state index contributed by atoms with van der Waals surface area (Å²) in [6.45, 7) is 1.63. The second-order valence-corrected chi connectivity index (χ2v) is 6.61. The van der Waals surface area contributed by atoms with Crippen molar-refractivity contribution in [1.29, 1.82) is 0 Å². The Bertz CT molecular complexity index is 966. The number of methoxy groups -OCH3 is 1. The average molecular weight is 412 g/mol. The molecule has 8 heteroatoms. The van der Waals surface area contributed by atoms with Crippen LogP contribution < -0.4 is 10.1 Å². The Kier molecular flexibility index (Phi) is 5.41. The lowest BCUT2D eigenvalue weighted by Gasteiger charge is -2.11. The van der Waals surface area contributed by atoms with E-state index in [2.05, 4.69) is 10.5 Å². The van der Waals surface area contributed by atoms with Crippen LogP contribution in [-0.4, -0.2) is 18.2 Å². The van der Waals surface area contributed by atoms with E-state index in [0.29, 0.717) is 37.8 Å². The molecule has 5 nitrogen and oxygen atoms in total. The van der Waals surface area contributed by atoms with Crippen molar-refractivity contribution in [3.63, 3.8) is 0 Å². The van der Waals surface area contributed by atoms with Crippen LogP contribution in [0.25, 0.3) is 11.3 Å². The van der Waals surface area contributed by atoms with E-state index < -0.39 is 5.91 Å². The smallest absolute Gasteiger partial charge is 0.261 e. The van der Waals surface area contributed by atoms with Crippen molar-refractivity contribution in [2.45, 2.75) is 6.92 Å². The fraction of sp³-hybridized carbons (Fsp3) is 0.111. The lowest BCUT2D eigenvalue weighted by atomic mass is 10.1. The van der Waals surface area contributed by atoms with E-state index in [0.717, 1.165) is 0 Å². The molecule has 1 heterocycles. The normalized spacial score (nSPS) is 10.7. The number of halogens is 3. The monoisotopic (exact) mass is 410 g/mol. The van der Waals surface area contributed by atoms with Gasteiger partial charge in [-0.1, -0.05) is 46.0 Å². The van der Waals surface area contributed by atoms with Crippen LogP contribution in [0.4, 0.5) is 5.69 Å². The van der Waals surface area contributed by atoms with E-state index in [1.165, 1.54) is 7.11 Å². The van der Waals surface area contributed by atoms with Gasteiger partial charge < -0.3 is 14.6 Å². The predicted octanol–water partition coefficient (Wildman–Crippen LogP) is 5.87. The molecule has 26 heavy (non-hydrogen) atoms. The SMILES string of the molecule is COc1ccc(Cl)cc1NC(=O)c1c(-c2c(Cl)cccc2Cl)noc1C. The highest BCUT2D eigenvalue weighted by atomic mass is 35.5. The highest BCUT2D eigenvalue weighted by Crippen LogP contribution is 2.37. The summed E-state index contributed by atoms with van der Waals surface area (Å²) in [6.07, 6.45) is 0. The number of aromatic nitrogens is 1. The maximum absolute atomic E-state index is 12.9. The number of anilines is 1. The molecule has 1 aromatic heterocycles. The molecule has 3 aromatic rings. The second kappa shape index (κ2) is 7.58. The second-order valence-electron chi connectivity index (χ2n) is 5.36. The number of rotatable bonds is 4. The molecule has 2 aromatic carbocycles. The zero-order chi connectivity index (χ0) is 18.8. The van der Waals surface area contributed by atoms with Gasteiger partial charge in [0.15, 0.2) is 0 Å². The Morgan fingerprint density at radius 1 is 1.15 bits per heavy atom. The molecule has 0 aliphatic carbocycles. The molecule has 0 radical (unpaired) electrons. The predicted molar refractivity (Wildman–Crippen MR) is 103 cm³/mol. The maximum atomic E-state index is 12.9. The summed E-state index contributed by atoms with van der Waals surface area (Å²) in [5.41, 5.74) is 1.33. The van der Waals surface area contributed by atoms with Gasteiger partial charge in [-0.05, 0) is 37.3 Å². The number of carbonyl (C=O) groups is 1. The van der Waals surface area contributed by atoms with Gasteiger partial charge >= 0.3 is 0 Å². The van der Waals surface area contributed by atoms with E-state index in [1.807, 2.05) is 0 Å². The highest BCUT2D eigenvalue weighted by Gasteiger charge is 2.25. The van der Waals surface area contributed by atoms with Gasteiger partial charge in [0.25, 0.3) is 5.91 Å². The van der Waals surface area contributed by atoms with Crippen molar-refractivity contribution in [3.05, 3.63) is 62.8 Å². The Morgan fingerprint density at radius 3 is 2.50 bits per heavy atom. The van der Waals surface area contributed by atoms with Gasteiger partial charge in [0.1, 0.15) is 22.8 Å². The molecule has 0 fully saturated rings. The molecule has 0 saturated heterocycles. The number of hydrogen-bond donors (Lipinski definition) is 1. The number of ether oxygens (including phenoxy) is 1. The number of nitrogens with zero attached hydrogens (tertiary/aromatic N) is 1. The van der Waals surface area contributed by atoms with Crippen LogP contribution >= 0.6 is 34.8 Å². The zero-order valence-corrected chi connectivity index (χ0v) is 16.0. The van der Waals surface area contributed by atoms with Crippen molar-refractivity contribution >= 4 is 46.4 Å². The lowest BCUT2D eigenvalue weighted by Crippen LogP contribution is -2.14. The molecule has 0 saturated carbocycles. The van der Waals surface area contributed by atoms with Crippen molar-refractivity contribution in [3.8, 4) is 17.0 Å². The van der Waals surface area contributed by atoms with E-state index >= 15 is 0 Å². The molecule has 1 N–H and O–H groups in total. The largest absolute Gasteiger partial charge is 0.495 e. The highest BCUT2D eigenvalue weighted by molar-refractivity contribution is 6.39. The molecule has 0 aliphatic rings. The summed E-state index contributed by atoms with van der Waals surface area (Å²) >= 11 is 18.5. The first-order chi connectivity index (χ1) is 12.4. The molecule has 0 spiro atoms. The van der Waals surface area contributed by atoms with Gasteiger partial charge in [0, 0.05) is 10.6 Å². The molecular weight excluding hydrogens is 399 g/mol. The fourth-order valence-corrected chi connectivity index (χ4v) is 3.25. The summed E-state index contributed by atoms with van der Waals surface area (Å²) in [5.74, 6) is 0.346. The minimum atomic E-state index is -0.449. The Labute approximate surface area is 164 Å². The number of amides is 1. The van der Waals surface area contributed by atoms with Gasteiger partial charge in [-0.25, -0.2) is 0 Å². The summed E-state index contributed by atoms with van der Waals surface area (Å²) < 4.78 is 10.5. The summed E-state index contributed by atoms with van der Waals surface area (Å²) in [7, 11) is 1.50. The van der Waals surface area contributed by atoms with Crippen LogP contribution in [0.2, 0.25) is 15.1 Å². The Hall–Kier alpha value is -2.21. The third kappa shape index (κ3) is 3.51. The Balaban J connectivity index is 2.05. The maximum Gasteiger partial charge on any atom is 0.261 e. The van der Waals surface area contributed by atoms with Gasteiger partial charge in [0.2, 0.25) is 0 Å². The average Bonchev–Trinajstić information content (AvgIpc) is 2.96. The molecule has 134 valence electrons. The van der Waals surface area contributed by atoms with E-state index in [4.69, 9.17) is 44.1 Å². The van der Waals surface area contributed by atoms with E-state index in [-0.39, 0.29) is 11.3 Å². The Morgan fingerprint density at radius 2 is 1.85 bits per heavy atom. The van der Waals surface area contributed by atoms with Crippen LogP contribution in [0.15, 0.2) is 40.9 Å². The topological polar surface area (TPSA) is 64.4 Å². The van der Waals surface area contributed by atoms with E-state index in [9.17, 15) is 4.79 Å². The minimum Gasteiger partial charge on any atom is -0.495 e. The molecular formula is C18H13Cl3N2O3. The molecule has 0 atom stereocenters. The first-order valence-electron chi connectivity index (χ1n) is 7.48. The number of benzene rings is 2. The molecule has 1 amide bonds. The van der Waals surface area contributed by atoms with Crippen LogP contribution in [0.1, 0.15) is 16.1 Å². The molecule has 0 aliphatic heterocycles. The number of hydrogen-bond acceptors (Lipinski definition) is 4. The molecule has 0 bridgehead atoms. The third-order valence-electron chi connectivity index (χ3n) is 3.70. The number of aryl methyl sites for hydroxylation is 1. The van der Waals surface area contributed by atoms with E-state index in [1.54, 1.807) is 43.3 Å². The summed E-state index contributed by atoms with van der Waals surface area (Å²) in [5, 5.41) is 7.91. The first-order valence-corrected chi connectivity index (χ1v) is 8.61. The van der Waals surface area contributed by atoms with Crippen LogP contribution in [0.3, 0.4) is 0 Å². The van der Waals surface area contributed by atoms with Crippen molar-refractivity contribution in [1.82, 2.24) is 5.16 Å². The lowest BCUT2D eigenvalue weighted by molar-refractivity contribution is 0.102. The minimum absolute atomic E-state index is 0.224. The third-order valence-corrected chi connectivity index (χ3v) is 4.56. The van der Waals surface area contributed by atoms with Crippen molar-refractivity contribution in [2.75, 3.05) is 12.4 Å². The van der Waals surface area contributed by atoms with Crippen molar-refractivity contribution in [2.24, 2.45) is 0 Å². The summed E-state index contributed by atoms with van der Waals surface area (Å²) in [6, 6.07) is 9.93. The number of carbonyl (C=O) groups excluding carboxylic acids is 1. The first kappa shape index (κ1) is 18.6. The standard InChI is InChI=1S/C18H13Cl3N2O3/c1-9-15(17(23-26-9)16-11(20)4-3-5-12(16)21)18(24)22-13-8-10(19)6-7-14(13)25-2/h3-8H,1-2H3,(H,22,24). The van der Waals surface area contributed by atoms with Crippen LogP contribution in [0.5, 0.6) is 5.75 Å². The zero-order valence-electron chi connectivity index (χ0n) is 13.8. The quantitative estimate of drug-likeness (QED) is 0.583. The van der Waals surface area contributed by atoms with Crippen molar-refractivity contribution < 1.29 is 14.1 Å². The summed E-state index contributed by atoms with van der Waals surface area (Å²) in [4.78, 5) is 12.9. The van der Waals surface area contributed by atoms with Gasteiger partial charge in [-0.15, -0.1) is 0 Å². The van der Waals surface area contributed by atoms with Crippen LogP contribution in [-0.2, 0) is 0 Å². The van der Waals surface area contributed by atoms with Gasteiger partial charge in [-0.3, -0.25) is 4.79 Å². The fourth-order valence-electron chi connectivity index (χ4n) is 2.50. The molecule has 0 unspecified atom stereocenters. The van der Waals surface area contributed by atoms with Gasteiger partial charge in [0.05, 0.1) is 22.8 Å². The number of nitrogens with one attached hydrogen (secondary N) is 1. The van der Waals surface area contributed by atoms with Gasteiger partial charge in [-0.2, -0.15) is 0 Å².